The van der Waals surface area contributed by atoms with Crippen LogP contribution in [0.25, 0.3) is 0 Å². The van der Waals surface area contributed by atoms with E-state index in [9.17, 15) is 4.79 Å². The number of nitrogens with zero attached hydrogens (tertiary/aromatic N) is 1. The van der Waals surface area contributed by atoms with Gasteiger partial charge in [-0.2, -0.15) is 0 Å². The first kappa shape index (κ1) is 9.00. The van der Waals surface area contributed by atoms with Crippen LogP contribution in [0.2, 0.25) is 0 Å². The summed E-state index contributed by atoms with van der Waals surface area (Å²) >= 11 is 0. The maximum atomic E-state index is 11.7. The van der Waals surface area contributed by atoms with Crippen molar-refractivity contribution in [2.45, 2.75) is 19.3 Å². The minimum Gasteiger partial charge on any atom is -0.468 e. The Morgan fingerprint density at radius 3 is 2.85 bits per heavy atom. The largest absolute Gasteiger partial charge is 0.468 e. The lowest BCUT2D eigenvalue weighted by Gasteiger charge is -2.36. The number of piperidine rings is 1. The third-order valence-electron chi connectivity index (χ3n) is 3.79. The summed E-state index contributed by atoms with van der Waals surface area (Å²) in [6, 6.07) is 0. The molecule has 0 aromatic carbocycles. The van der Waals surface area contributed by atoms with E-state index in [0.717, 1.165) is 30.4 Å². The van der Waals surface area contributed by atoms with E-state index in [2.05, 4.69) is 7.05 Å². The lowest BCUT2D eigenvalue weighted by atomic mass is 9.81. The van der Waals surface area contributed by atoms with Crippen molar-refractivity contribution in [3.8, 4) is 0 Å². The quantitative estimate of drug-likeness (QED) is 0.445. The molecule has 2 aliphatic heterocycles. The standard InChI is InChI=1S/C10H18NO2/c1-11-6-3-4-10(8-11,5-7-11)9(12)13-2/h3-8H2,1-2H3/q+1. The molecule has 0 N–H and O–H groups in total. The van der Waals surface area contributed by atoms with Crippen molar-refractivity contribution >= 4 is 5.97 Å². The number of fused-ring (bicyclic) bond motifs is 2. The van der Waals surface area contributed by atoms with Gasteiger partial charge in [0.05, 0.1) is 33.8 Å². The fraction of sp³-hybridized carbons (Fsp3) is 0.900. The maximum Gasteiger partial charge on any atom is 0.317 e. The molecule has 0 amide bonds. The van der Waals surface area contributed by atoms with Gasteiger partial charge in [-0.1, -0.05) is 0 Å². The Morgan fingerprint density at radius 1 is 1.38 bits per heavy atom. The van der Waals surface area contributed by atoms with Gasteiger partial charge in [-0.15, -0.1) is 0 Å². The second-order valence-electron chi connectivity index (χ2n) is 4.85. The van der Waals surface area contributed by atoms with Gasteiger partial charge in [0, 0.05) is 6.42 Å². The molecule has 2 heterocycles. The van der Waals surface area contributed by atoms with E-state index in [1.807, 2.05) is 0 Å². The van der Waals surface area contributed by atoms with Crippen LogP contribution in [0.5, 0.6) is 0 Å². The molecule has 3 heteroatoms. The number of quaternary nitrogens is 1. The molecule has 2 rings (SSSR count). The molecule has 2 unspecified atom stereocenters. The molecule has 13 heavy (non-hydrogen) atoms. The van der Waals surface area contributed by atoms with Gasteiger partial charge in [0.15, 0.2) is 0 Å². The van der Waals surface area contributed by atoms with Gasteiger partial charge in [-0.25, -0.2) is 0 Å². The van der Waals surface area contributed by atoms with Crippen LogP contribution in [0.4, 0.5) is 0 Å². The third-order valence-corrected chi connectivity index (χ3v) is 3.79. The zero-order valence-electron chi connectivity index (χ0n) is 8.51. The van der Waals surface area contributed by atoms with E-state index in [1.165, 1.54) is 20.1 Å². The molecule has 2 bridgehead atoms. The first-order chi connectivity index (χ1) is 6.10. The zero-order valence-corrected chi connectivity index (χ0v) is 8.51. The summed E-state index contributed by atoms with van der Waals surface area (Å²) in [6.07, 6.45) is 3.23. The highest BCUT2D eigenvalue weighted by atomic mass is 16.5. The lowest BCUT2D eigenvalue weighted by Crippen LogP contribution is -2.50. The fourth-order valence-electron chi connectivity index (χ4n) is 3.05. The highest BCUT2D eigenvalue weighted by Gasteiger charge is 2.54. The number of carbonyl (C=O) groups is 1. The first-order valence-electron chi connectivity index (χ1n) is 5.02. The van der Waals surface area contributed by atoms with Crippen molar-refractivity contribution in [2.75, 3.05) is 33.8 Å². The van der Waals surface area contributed by atoms with Crippen LogP contribution in [0, 0.1) is 5.41 Å². The predicted octanol–water partition coefficient (Wildman–Crippen LogP) is 0.790. The summed E-state index contributed by atoms with van der Waals surface area (Å²) in [5, 5.41) is 0. The average molecular weight is 184 g/mol. The van der Waals surface area contributed by atoms with Gasteiger partial charge in [-0.05, 0) is 12.8 Å². The SMILES string of the molecule is COC(=O)C12CCC[N+](C)(CC1)C2. The lowest BCUT2D eigenvalue weighted by molar-refractivity contribution is -0.903. The minimum atomic E-state index is -0.123. The van der Waals surface area contributed by atoms with Gasteiger partial charge in [0.25, 0.3) is 0 Å². The topological polar surface area (TPSA) is 26.3 Å². The Kier molecular flexibility index (Phi) is 1.88. The molecule has 0 radical (unpaired) electrons. The average Bonchev–Trinajstić information content (AvgIpc) is 2.37. The highest BCUT2D eigenvalue weighted by molar-refractivity contribution is 5.77. The number of esters is 1. The minimum absolute atomic E-state index is 0.0223. The smallest absolute Gasteiger partial charge is 0.317 e. The second-order valence-corrected chi connectivity index (χ2v) is 4.85. The molecule has 0 aliphatic carbocycles. The summed E-state index contributed by atoms with van der Waals surface area (Å²) in [5.41, 5.74) is -0.123. The molecule has 0 aromatic rings. The van der Waals surface area contributed by atoms with Gasteiger partial charge in [0.1, 0.15) is 5.41 Å². The fourth-order valence-corrected chi connectivity index (χ4v) is 3.05. The number of hydrogen-bond acceptors (Lipinski definition) is 2. The molecular weight excluding hydrogens is 166 g/mol. The summed E-state index contributed by atoms with van der Waals surface area (Å²) in [5.74, 6) is 0.0223. The third kappa shape index (κ3) is 1.26. The van der Waals surface area contributed by atoms with Crippen molar-refractivity contribution in [1.82, 2.24) is 0 Å². The van der Waals surface area contributed by atoms with Crippen LogP contribution in [0.1, 0.15) is 19.3 Å². The number of carbonyl (C=O) groups excluding carboxylic acids is 1. The summed E-state index contributed by atoms with van der Waals surface area (Å²) in [7, 11) is 3.76. The molecule has 0 aromatic heterocycles. The van der Waals surface area contributed by atoms with Crippen LogP contribution < -0.4 is 0 Å². The van der Waals surface area contributed by atoms with E-state index in [0.29, 0.717) is 0 Å². The molecule has 2 fully saturated rings. The number of rotatable bonds is 1. The van der Waals surface area contributed by atoms with E-state index in [4.69, 9.17) is 4.74 Å². The van der Waals surface area contributed by atoms with Crippen molar-refractivity contribution in [2.24, 2.45) is 5.41 Å². The molecule has 0 saturated carbocycles. The van der Waals surface area contributed by atoms with E-state index < -0.39 is 0 Å². The first-order valence-corrected chi connectivity index (χ1v) is 5.02. The molecule has 0 spiro atoms. The van der Waals surface area contributed by atoms with Crippen LogP contribution >= 0.6 is 0 Å². The molecular formula is C10H18NO2+. The monoisotopic (exact) mass is 184 g/mol. The molecule has 2 atom stereocenters. The Labute approximate surface area is 79.3 Å². The van der Waals surface area contributed by atoms with Crippen molar-refractivity contribution in [3.05, 3.63) is 0 Å². The van der Waals surface area contributed by atoms with Crippen LogP contribution in [0.3, 0.4) is 0 Å². The van der Waals surface area contributed by atoms with E-state index >= 15 is 0 Å². The summed E-state index contributed by atoms with van der Waals surface area (Å²) in [6.45, 7) is 3.38. The maximum absolute atomic E-state index is 11.7. The van der Waals surface area contributed by atoms with Gasteiger partial charge in [-0.3, -0.25) is 4.79 Å². The van der Waals surface area contributed by atoms with E-state index in [1.54, 1.807) is 0 Å². The Balaban J connectivity index is 2.21. The van der Waals surface area contributed by atoms with Crippen molar-refractivity contribution in [1.29, 1.82) is 0 Å². The normalized spacial score (nSPS) is 43.2. The van der Waals surface area contributed by atoms with Gasteiger partial charge >= 0.3 is 5.97 Å². The number of ether oxygens (including phenoxy) is 1. The second kappa shape index (κ2) is 2.71. The molecule has 2 aliphatic rings. The number of methoxy groups -OCH3 is 1. The zero-order chi connectivity index (χ0) is 9.53. The molecule has 3 nitrogen and oxygen atoms in total. The van der Waals surface area contributed by atoms with Crippen molar-refractivity contribution in [3.63, 3.8) is 0 Å². The Hall–Kier alpha value is -0.570. The number of hydrogen-bond donors (Lipinski definition) is 0. The summed E-state index contributed by atoms with van der Waals surface area (Å²) < 4.78 is 5.99. The van der Waals surface area contributed by atoms with Crippen molar-refractivity contribution < 1.29 is 14.0 Å². The van der Waals surface area contributed by atoms with Crippen LogP contribution in [-0.2, 0) is 9.53 Å². The molecule has 74 valence electrons. The molecule has 2 saturated heterocycles. The van der Waals surface area contributed by atoms with Gasteiger partial charge < -0.3 is 9.22 Å². The highest BCUT2D eigenvalue weighted by Crippen LogP contribution is 2.43. The van der Waals surface area contributed by atoms with Crippen LogP contribution in [-0.4, -0.2) is 44.2 Å². The Morgan fingerprint density at radius 2 is 2.15 bits per heavy atom. The Bertz CT molecular complexity index is 241. The van der Waals surface area contributed by atoms with Crippen LogP contribution in [0.15, 0.2) is 0 Å². The van der Waals surface area contributed by atoms with E-state index in [-0.39, 0.29) is 11.4 Å². The summed E-state index contributed by atoms with van der Waals surface area (Å²) in [4.78, 5) is 11.7. The predicted molar refractivity (Wildman–Crippen MR) is 49.1 cm³/mol. The van der Waals surface area contributed by atoms with Gasteiger partial charge in [0.2, 0.25) is 0 Å².